The van der Waals surface area contributed by atoms with Gasteiger partial charge in [0.15, 0.2) is 0 Å². The van der Waals surface area contributed by atoms with Crippen LogP contribution in [0.1, 0.15) is 25.0 Å². The van der Waals surface area contributed by atoms with Crippen molar-refractivity contribution in [1.29, 1.82) is 0 Å². The van der Waals surface area contributed by atoms with Crippen molar-refractivity contribution in [3.63, 3.8) is 0 Å². The van der Waals surface area contributed by atoms with E-state index in [-0.39, 0.29) is 11.5 Å². The largest absolute Gasteiger partial charge is 0.508 e. The maximum atomic E-state index is 10.1. The summed E-state index contributed by atoms with van der Waals surface area (Å²) in [6.45, 7) is 5.97. The quantitative estimate of drug-likeness (QED) is 0.708. The zero-order chi connectivity index (χ0) is 13.8. The number of hydrogen-bond acceptors (Lipinski definition) is 3. The summed E-state index contributed by atoms with van der Waals surface area (Å²) >= 11 is 0. The minimum absolute atomic E-state index is 0.00292. The van der Waals surface area contributed by atoms with E-state index in [4.69, 9.17) is 4.74 Å². The molecule has 3 rings (SSSR count). The third kappa shape index (κ3) is 1.73. The Labute approximate surface area is 112 Å². The molecule has 0 saturated heterocycles. The van der Waals surface area contributed by atoms with Crippen LogP contribution >= 0.6 is 0 Å². The fourth-order valence-electron chi connectivity index (χ4n) is 2.66. The lowest BCUT2D eigenvalue weighted by Crippen LogP contribution is -2.29. The molecule has 0 amide bonds. The van der Waals surface area contributed by atoms with Crippen LogP contribution in [0.25, 0.3) is 11.1 Å². The second-order valence-corrected chi connectivity index (χ2v) is 5.50. The molecule has 0 saturated carbocycles. The van der Waals surface area contributed by atoms with E-state index >= 15 is 0 Å². The van der Waals surface area contributed by atoms with Crippen molar-refractivity contribution in [2.45, 2.75) is 26.4 Å². The van der Waals surface area contributed by atoms with Gasteiger partial charge >= 0.3 is 0 Å². The van der Waals surface area contributed by atoms with Gasteiger partial charge in [-0.25, -0.2) is 0 Å². The Bertz CT molecular complexity index is 672. The van der Waals surface area contributed by atoms with Crippen LogP contribution in [0.3, 0.4) is 0 Å². The van der Waals surface area contributed by atoms with Gasteiger partial charge in [-0.1, -0.05) is 23.8 Å². The highest BCUT2D eigenvalue weighted by Gasteiger charge is 2.34. The van der Waals surface area contributed by atoms with Gasteiger partial charge in [0.05, 0.1) is 5.56 Å². The van der Waals surface area contributed by atoms with Gasteiger partial charge < -0.3 is 14.9 Å². The molecule has 2 aromatic carbocycles. The first-order valence-electron chi connectivity index (χ1n) is 6.25. The van der Waals surface area contributed by atoms with Crippen LogP contribution in [0, 0.1) is 6.92 Å². The van der Waals surface area contributed by atoms with Crippen molar-refractivity contribution in [2.75, 3.05) is 0 Å². The minimum atomic E-state index is -0.490. The van der Waals surface area contributed by atoms with Gasteiger partial charge in [-0.3, -0.25) is 0 Å². The zero-order valence-electron chi connectivity index (χ0n) is 11.2. The molecule has 3 heteroatoms. The first kappa shape index (κ1) is 11.9. The van der Waals surface area contributed by atoms with Crippen LogP contribution in [0.5, 0.6) is 17.2 Å². The Hall–Kier alpha value is -2.16. The van der Waals surface area contributed by atoms with Crippen molar-refractivity contribution in [2.24, 2.45) is 0 Å². The van der Waals surface area contributed by atoms with E-state index in [9.17, 15) is 10.2 Å². The smallest absolute Gasteiger partial charge is 0.135 e. The Morgan fingerprint density at radius 1 is 1.05 bits per heavy atom. The van der Waals surface area contributed by atoms with E-state index in [1.807, 2.05) is 39.0 Å². The number of aromatic hydroxyl groups is 2. The van der Waals surface area contributed by atoms with Gasteiger partial charge in [0.1, 0.15) is 22.8 Å². The van der Waals surface area contributed by atoms with E-state index < -0.39 is 5.60 Å². The van der Waals surface area contributed by atoms with Crippen LogP contribution in [0.15, 0.2) is 30.3 Å². The molecule has 98 valence electrons. The molecule has 2 aromatic rings. The Morgan fingerprint density at radius 2 is 1.79 bits per heavy atom. The fourth-order valence-corrected chi connectivity index (χ4v) is 2.66. The molecule has 1 heterocycles. The van der Waals surface area contributed by atoms with Crippen molar-refractivity contribution in [1.82, 2.24) is 0 Å². The first-order chi connectivity index (χ1) is 8.88. The number of aryl methyl sites for hydroxylation is 1. The lowest BCUT2D eigenvalue weighted by Gasteiger charge is -2.35. The van der Waals surface area contributed by atoms with Crippen molar-refractivity contribution < 1.29 is 14.9 Å². The SMILES string of the molecule is Cc1ccc2c(c1)-c1c(O)cc(O)cc1OC2([13CH3])[13CH3]. The third-order valence-corrected chi connectivity index (χ3v) is 3.52. The number of fused-ring (bicyclic) bond motifs is 3. The van der Waals surface area contributed by atoms with Gasteiger partial charge in [0, 0.05) is 17.7 Å². The Morgan fingerprint density at radius 3 is 2.53 bits per heavy atom. The van der Waals surface area contributed by atoms with E-state index in [1.165, 1.54) is 6.07 Å². The topological polar surface area (TPSA) is 49.7 Å². The highest BCUT2D eigenvalue weighted by atomic mass is 16.5. The third-order valence-electron chi connectivity index (χ3n) is 3.52. The number of benzene rings is 2. The minimum Gasteiger partial charge on any atom is -0.508 e. The predicted octanol–water partition coefficient (Wildman–Crippen LogP) is 3.70. The summed E-state index contributed by atoms with van der Waals surface area (Å²) in [4.78, 5) is 0. The van der Waals surface area contributed by atoms with E-state index in [1.54, 1.807) is 6.07 Å². The standard InChI is InChI=1S/C16H16O3/c1-9-4-5-12-11(6-9)15-13(18)7-10(17)8-14(15)19-16(12,2)3/h4-8,17-18H,1-3H3/i2+1,3+1. The highest BCUT2D eigenvalue weighted by Crippen LogP contribution is 2.50. The highest BCUT2D eigenvalue weighted by molar-refractivity contribution is 5.82. The van der Waals surface area contributed by atoms with Crippen molar-refractivity contribution in [3.05, 3.63) is 41.5 Å². The predicted molar refractivity (Wildman–Crippen MR) is 73.6 cm³/mol. The van der Waals surface area contributed by atoms with Crippen LogP contribution in [0.4, 0.5) is 0 Å². The summed E-state index contributed by atoms with van der Waals surface area (Å²) in [5, 5.41) is 19.7. The molecule has 1 aliphatic rings. The van der Waals surface area contributed by atoms with E-state index in [2.05, 4.69) is 0 Å². The lowest BCUT2D eigenvalue weighted by molar-refractivity contribution is 0.105. The number of phenols is 2. The molecule has 0 atom stereocenters. The maximum Gasteiger partial charge on any atom is 0.135 e. The summed E-state index contributed by atoms with van der Waals surface area (Å²) in [6, 6.07) is 8.98. The molecule has 0 radical (unpaired) electrons. The Balaban J connectivity index is 2.38. The summed E-state index contributed by atoms with van der Waals surface area (Å²) < 4.78 is 5.93. The lowest BCUT2D eigenvalue weighted by atomic mass is 9.89. The molecular weight excluding hydrogens is 242 g/mol. The van der Waals surface area contributed by atoms with Gasteiger partial charge in [-0.2, -0.15) is 0 Å². The first-order valence-corrected chi connectivity index (χ1v) is 6.25. The summed E-state index contributed by atoms with van der Waals surface area (Å²) in [6.07, 6.45) is 0. The zero-order valence-corrected chi connectivity index (χ0v) is 11.2. The second-order valence-electron chi connectivity index (χ2n) is 5.50. The van der Waals surface area contributed by atoms with Crippen LogP contribution in [0.2, 0.25) is 0 Å². The number of ether oxygens (including phenoxy) is 1. The van der Waals surface area contributed by atoms with Crippen LogP contribution < -0.4 is 4.74 Å². The maximum absolute atomic E-state index is 10.1. The van der Waals surface area contributed by atoms with Crippen LogP contribution in [-0.2, 0) is 5.60 Å². The normalized spacial score (nSPS) is 15.3. The van der Waals surface area contributed by atoms with E-state index in [0.29, 0.717) is 11.3 Å². The molecule has 0 spiro atoms. The van der Waals surface area contributed by atoms with Gasteiger partial charge in [-0.15, -0.1) is 0 Å². The molecule has 0 fully saturated rings. The summed E-state index contributed by atoms with van der Waals surface area (Å²) in [7, 11) is 0. The van der Waals surface area contributed by atoms with E-state index in [0.717, 1.165) is 16.7 Å². The average Bonchev–Trinajstić information content (AvgIpc) is 2.25. The molecule has 1 aliphatic heterocycles. The van der Waals surface area contributed by atoms with Crippen molar-refractivity contribution in [3.8, 4) is 28.4 Å². The van der Waals surface area contributed by atoms with Gasteiger partial charge in [0.2, 0.25) is 0 Å². The molecule has 0 unspecified atom stereocenters. The molecule has 0 bridgehead atoms. The number of rotatable bonds is 0. The number of hydrogen-bond donors (Lipinski definition) is 2. The second kappa shape index (κ2) is 3.67. The average molecular weight is 258 g/mol. The van der Waals surface area contributed by atoms with Crippen molar-refractivity contribution >= 4 is 0 Å². The van der Waals surface area contributed by atoms with Crippen LogP contribution in [-0.4, -0.2) is 10.2 Å². The summed E-state index contributed by atoms with van der Waals surface area (Å²) in [5.74, 6) is 0.557. The monoisotopic (exact) mass is 258 g/mol. The molecule has 2 N–H and O–H groups in total. The van der Waals surface area contributed by atoms with Gasteiger partial charge in [0.25, 0.3) is 0 Å². The summed E-state index contributed by atoms with van der Waals surface area (Å²) in [5.41, 5.74) is 3.28. The molecule has 0 aromatic heterocycles. The molecule has 19 heavy (non-hydrogen) atoms. The Kier molecular flexibility index (Phi) is 2.30. The number of phenolic OH excluding ortho intramolecular Hbond substituents is 2. The van der Waals surface area contributed by atoms with Gasteiger partial charge in [-0.05, 0) is 26.3 Å². The molecule has 3 nitrogen and oxygen atoms in total. The molecular formula is C16H16O3. The molecule has 0 aliphatic carbocycles. The fraction of sp³-hybridized carbons (Fsp3) is 0.250.